The number of nitro benzene ring substituents is 2. The Morgan fingerprint density at radius 3 is 1.27 bits per heavy atom. The number of likely N-dealkylation sites (tertiary alicyclic amines) is 2. The number of nitro groups is 2. The average Bonchev–Trinajstić information content (AvgIpc) is 1.38. The molecule has 0 saturated carbocycles. The molecule has 31 heteroatoms. The minimum Gasteiger partial charge on any atom is -0.447 e. The predicted molar refractivity (Wildman–Crippen MR) is 336 cm³/mol. The van der Waals surface area contributed by atoms with Gasteiger partial charge in [0.1, 0.15) is 55.7 Å². The SMILES string of the molecule is CC(c1ccccc1)C1CCCCN1C(=O)OCC(O)CO.CC(c1ccccc1)C1CCCCN1C(=O)OCC1COC(C)(C)O1.CC1(C)OCC(CO)O1.CC1(C)OCC(COC(=O)Oc2ccc([N+](=O)[O-])cc2)O1.O=C(Cl)Oc1ccc([N+](=O)[O-])cc1.O=C=O.O=C=O. The Morgan fingerprint density at radius 2 is 0.938 bits per heavy atom. The fraction of sp³-hybridized carbons (Fsp3) is 0.538. The highest BCUT2D eigenvalue weighted by Gasteiger charge is 2.38. The zero-order chi connectivity index (χ0) is 71.4. The number of benzene rings is 4. The van der Waals surface area contributed by atoms with Crippen LogP contribution in [-0.4, -0.2) is 191 Å². The van der Waals surface area contributed by atoms with Crippen molar-refractivity contribution in [1.29, 1.82) is 0 Å². The van der Waals surface area contributed by atoms with Gasteiger partial charge in [-0.05, 0) is 115 Å². The number of hydrogen-bond acceptors (Lipinski definition) is 26. The quantitative estimate of drug-likeness (QED) is 0.0234. The van der Waals surface area contributed by atoms with Crippen molar-refractivity contribution < 1.29 is 116 Å². The number of amides is 2. The van der Waals surface area contributed by atoms with Gasteiger partial charge in [0.15, 0.2) is 17.4 Å². The van der Waals surface area contributed by atoms with E-state index >= 15 is 0 Å². The minimum absolute atomic E-state index is 0.00917. The molecule has 0 aromatic heterocycles. The van der Waals surface area contributed by atoms with Crippen molar-refractivity contribution in [2.45, 2.75) is 160 Å². The third-order valence-corrected chi connectivity index (χ3v) is 14.7. The maximum Gasteiger partial charge on any atom is 0.513 e. The fourth-order valence-corrected chi connectivity index (χ4v) is 10.2. The monoisotopic (exact) mass is 1370 g/mol. The summed E-state index contributed by atoms with van der Waals surface area (Å²) in [7, 11) is 0. The highest BCUT2D eigenvalue weighted by molar-refractivity contribution is 6.61. The molecule has 5 heterocycles. The van der Waals surface area contributed by atoms with Crippen molar-refractivity contribution >= 4 is 59.0 Å². The van der Waals surface area contributed by atoms with E-state index in [9.17, 15) is 44.5 Å². The molecule has 8 atom stereocenters. The second-order valence-electron chi connectivity index (χ2n) is 23.1. The van der Waals surface area contributed by atoms with Crippen LogP contribution in [0.25, 0.3) is 0 Å². The number of aliphatic hydroxyl groups excluding tert-OH is 3. The first kappa shape index (κ1) is 81.9. The average molecular weight is 1370 g/mol. The normalized spacial score (nSPS) is 20.8. The van der Waals surface area contributed by atoms with Gasteiger partial charge in [-0.25, -0.2) is 19.2 Å². The van der Waals surface area contributed by atoms with Crippen LogP contribution in [0.1, 0.15) is 117 Å². The lowest BCUT2D eigenvalue weighted by molar-refractivity contribution is -0.385. The molecule has 9 rings (SSSR count). The first-order valence-corrected chi connectivity index (χ1v) is 30.9. The summed E-state index contributed by atoms with van der Waals surface area (Å²) in [5.74, 6) is -0.910. The summed E-state index contributed by atoms with van der Waals surface area (Å²) >= 11 is 4.92. The molecule has 30 nitrogen and oxygen atoms in total. The zero-order valence-electron chi connectivity index (χ0n) is 54.7. The largest absolute Gasteiger partial charge is 0.513 e. The highest BCUT2D eigenvalue weighted by atomic mass is 35.5. The molecule has 2 amide bonds. The van der Waals surface area contributed by atoms with Crippen LogP contribution in [0.2, 0.25) is 0 Å². The minimum atomic E-state index is -1.02. The molecule has 0 bridgehead atoms. The molecule has 3 N–H and O–H groups in total. The van der Waals surface area contributed by atoms with Crippen molar-refractivity contribution in [3.05, 3.63) is 141 Å². The molecule has 528 valence electrons. The topological polar surface area (TPSA) is 392 Å². The number of rotatable bonds is 16. The Bertz CT molecular complexity index is 3050. The van der Waals surface area contributed by atoms with Gasteiger partial charge in [0.2, 0.25) is 0 Å². The molecule has 0 radical (unpaired) electrons. The highest BCUT2D eigenvalue weighted by Crippen LogP contribution is 2.33. The van der Waals surface area contributed by atoms with Crippen molar-refractivity contribution in [1.82, 2.24) is 9.80 Å². The molecular weight excluding hydrogens is 1290 g/mol. The number of piperidine rings is 2. The van der Waals surface area contributed by atoms with Crippen LogP contribution in [0.15, 0.2) is 109 Å². The molecule has 4 aromatic rings. The predicted octanol–water partition coefficient (Wildman–Crippen LogP) is 9.62. The van der Waals surface area contributed by atoms with E-state index in [1.807, 2.05) is 56.9 Å². The second-order valence-corrected chi connectivity index (χ2v) is 23.4. The van der Waals surface area contributed by atoms with Crippen LogP contribution in [0.4, 0.5) is 30.6 Å². The van der Waals surface area contributed by atoms with E-state index in [1.165, 1.54) is 59.7 Å². The van der Waals surface area contributed by atoms with Crippen LogP contribution in [0.3, 0.4) is 0 Å². The lowest BCUT2D eigenvalue weighted by atomic mass is 9.87. The van der Waals surface area contributed by atoms with E-state index in [2.05, 4.69) is 55.0 Å². The standard InChI is InChI=1S/C20H29NO4.C17H25NO4.C13H15NO7.C7H4ClNO4.C6H12O3.2CO2/c1-15(16-9-5-4-6-10-16)18-11-7-8-12-21(18)19(22)23-13-17-14-24-20(2,3)25-17;1-13(14-7-3-2-4-8-14)16-9-5-6-10-18(16)17(21)22-12-15(20)11-19;1-13(2)19-8-11(21-13)7-18-12(15)20-10-5-3-9(4-6-10)14(16)17;8-7(10)13-6-3-1-5(2-4-6)9(11)12;1-6(2)8-4-5(3-7)9-6;2*2-1-3/h4-6,9-10,15,17-18H,7-8,11-14H2,1-3H3;2-4,7-8,13,15-16,19-20H,5-6,9-12H2,1H3;3-6,11H,7-8H2,1-2H3;1-4H;5,7H,3-4H2,1-2H3;;. The number of carbonyl (C=O) groups is 4. The number of hydrogen-bond donors (Lipinski definition) is 3. The second kappa shape index (κ2) is 42.3. The number of ether oxygens (including phenoxy) is 11. The smallest absolute Gasteiger partial charge is 0.447 e. The van der Waals surface area contributed by atoms with Crippen LogP contribution < -0.4 is 9.47 Å². The van der Waals surface area contributed by atoms with Crippen LogP contribution >= 0.6 is 11.6 Å². The summed E-state index contributed by atoms with van der Waals surface area (Å²) in [6.45, 7) is 17.7. The van der Waals surface area contributed by atoms with Gasteiger partial charge in [0.05, 0.1) is 42.9 Å². The van der Waals surface area contributed by atoms with E-state index in [0.717, 1.165) is 45.1 Å². The first-order valence-electron chi connectivity index (χ1n) is 30.5. The third-order valence-electron chi connectivity index (χ3n) is 14.7. The summed E-state index contributed by atoms with van der Waals surface area (Å²) in [6, 6.07) is 31.0. The summed E-state index contributed by atoms with van der Waals surface area (Å²) in [5, 5.41) is 47.4. The molecule has 96 heavy (non-hydrogen) atoms. The molecule has 0 spiro atoms. The van der Waals surface area contributed by atoms with Crippen molar-refractivity contribution in [3.63, 3.8) is 0 Å². The molecule has 4 aromatic carbocycles. The van der Waals surface area contributed by atoms with Crippen molar-refractivity contribution in [2.24, 2.45) is 0 Å². The van der Waals surface area contributed by atoms with Gasteiger partial charge in [0, 0.05) is 72.9 Å². The Balaban J connectivity index is 0.000000315. The van der Waals surface area contributed by atoms with Gasteiger partial charge in [-0.2, -0.15) is 19.2 Å². The van der Waals surface area contributed by atoms with Gasteiger partial charge in [-0.1, -0.05) is 74.5 Å². The molecule has 5 saturated heterocycles. The summed E-state index contributed by atoms with van der Waals surface area (Å²) < 4.78 is 57.3. The number of aliphatic hydroxyl groups is 3. The van der Waals surface area contributed by atoms with Crippen LogP contribution in [-0.2, 0) is 61.8 Å². The van der Waals surface area contributed by atoms with Crippen molar-refractivity contribution in [3.8, 4) is 11.5 Å². The molecule has 0 aliphatic carbocycles. The van der Waals surface area contributed by atoms with Gasteiger partial charge >= 0.3 is 36.1 Å². The maximum absolute atomic E-state index is 12.7. The maximum atomic E-state index is 12.7. The molecule has 5 aliphatic heterocycles. The number of non-ortho nitro benzene ring substituents is 2. The Kier molecular flexibility index (Phi) is 36.0. The molecule has 5 aliphatic rings. The van der Waals surface area contributed by atoms with Crippen molar-refractivity contribution in [2.75, 3.05) is 65.9 Å². The van der Waals surface area contributed by atoms with Crippen LogP contribution in [0.5, 0.6) is 11.5 Å². The van der Waals surface area contributed by atoms with E-state index in [-0.39, 0.29) is 104 Å². The Labute approximate surface area is 560 Å². The number of halogens is 1. The molecular formula is C65H85ClN4O26. The lowest BCUT2D eigenvalue weighted by Gasteiger charge is -2.38. The van der Waals surface area contributed by atoms with E-state index in [4.69, 9.17) is 88.4 Å². The first-order chi connectivity index (χ1) is 45.5. The van der Waals surface area contributed by atoms with Gasteiger partial charge < -0.3 is 77.2 Å². The lowest BCUT2D eigenvalue weighted by Crippen LogP contribution is -2.47. The molecule has 8 unspecified atom stereocenters. The summed E-state index contributed by atoms with van der Waals surface area (Å²) in [4.78, 5) is 102. The Morgan fingerprint density at radius 1 is 0.573 bits per heavy atom. The summed E-state index contributed by atoms with van der Waals surface area (Å²) in [6.07, 6.45) is 3.51. The number of carbonyl (C=O) groups excluding carboxylic acids is 8. The Hall–Kier alpha value is -8.35. The molecule has 5 fully saturated rings. The van der Waals surface area contributed by atoms with Gasteiger partial charge in [-0.3, -0.25) is 20.2 Å². The van der Waals surface area contributed by atoms with E-state index in [0.29, 0.717) is 32.3 Å². The number of nitrogens with zero attached hydrogens (tertiary/aromatic N) is 4. The fourth-order valence-electron chi connectivity index (χ4n) is 10.1. The van der Waals surface area contributed by atoms with E-state index < -0.39 is 57.6 Å². The van der Waals surface area contributed by atoms with Gasteiger partial charge in [0.25, 0.3) is 11.4 Å². The van der Waals surface area contributed by atoms with E-state index in [1.54, 1.807) is 18.7 Å². The third kappa shape index (κ3) is 30.6. The van der Waals surface area contributed by atoms with Gasteiger partial charge in [-0.15, -0.1) is 0 Å². The van der Waals surface area contributed by atoms with Crippen LogP contribution in [0, 0.1) is 20.2 Å². The summed E-state index contributed by atoms with van der Waals surface area (Å²) in [5.41, 5.74) is 1.33. The zero-order valence-corrected chi connectivity index (χ0v) is 55.5.